The number of fused-ring (bicyclic) bond motifs is 1. The molecule has 4 heteroatoms. The van der Waals surface area contributed by atoms with E-state index in [-0.39, 0.29) is 5.92 Å². The number of pyridine rings is 1. The van der Waals surface area contributed by atoms with Crippen LogP contribution in [0.25, 0.3) is 10.9 Å². The standard InChI is InChI=1S/C12H12ClFN2/c1-6(2)10-5-9(15)12-8(13)3-7(14)4-11(12)16-10/h3-6H,1-2H3,(H2,15,16). The highest BCUT2D eigenvalue weighted by Gasteiger charge is 2.10. The van der Waals surface area contributed by atoms with Crippen LogP contribution in [0, 0.1) is 5.82 Å². The van der Waals surface area contributed by atoms with E-state index in [1.54, 1.807) is 6.07 Å². The molecule has 0 saturated heterocycles. The molecule has 0 atom stereocenters. The van der Waals surface area contributed by atoms with Gasteiger partial charge in [-0.25, -0.2) is 4.39 Å². The summed E-state index contributed by atoms with van der Waals surface area (Å²) in [5.41, 5.74) is 7.79. The summed E-state index contributed by atoms with van der Waals surface area (Å²) in [4.78, 5) is 4.35. The summed E-state index contributed by atoms with van der Waals surface area (Å²) in [7, 11) is 0. The van der Waals surface area contributed by atoms with E-state index < -0.39 is 5.82 Å². The predicted octanol–water partition coefficient (Wildman–Crippen LogP) is 3.73. The van der Waals surface area contributed by atoms with Crippen molar-refractivity contribution in [1.82, 2.24) is 4.98 Å². The molecule has 16 heavy (non-hydrogen) atoms. The van der Waals surface area contributed by atoms with Gasteiger partial charge in [-0.05, 0) is 18.1 Å². The topological polar surface area (TPSA) is 38.9 Å². The number of hydrogen-bond donors (Lipinski definition) is 1. The van der Waals surface area contributed by atoms with Crippen LogP contribution in [-0.2, 0) is 0 Å². The Morgan fingerprint density at radius 3 is 2.62 bits per heavy atom. The molecule has 0 amide bonds. The summed E-state index contributed by atoms with van der Waals surface area (Å²) in [5.74, 6) is -0.154. The van der Waals surface area contributed by atoms with Crippen LogP contribution in [0.2, 0.25) is 5.02 Å². The van der Waals surface area contributed by atoms with Crippen molar-refractivity contribution in [3.8, 4) is 0 Å². The van der Waals surface area contributed by atoms with Crippen LogP contribution in [0.3, 0.4) is 0 Å². The highest BCUT2D eigenvalue weighted by Crippen LogP contribution is 2.30. The van der Waals surface area contributed by atoms with Crippen LogP contribution in [0.1, 0.15) is 25.5 Å². The Bertz CT molecular complexity index is 552. The van der Waals surface area contributed by atoms with Crippen molar-refractivity contribution < 1.29 is 4.39 Å². The van der Waals surface area contributed by atoms with Gasteiger partial charge in [-0.2, -0.15) is 0 Å². The number of benzene rings is 1. The van der Waals surface area contributed by atoms with Crippen molar-refractivity contribution in [2.45, 2.75) is 19.8 Å². The van der Waals surface area contributed by atoms with E-state index in [4.69, 9.17) is 17.3 Å². The molecule has 1 aromatic carbocycles. The molecule has 0 aliphatic carbocycles. The SMILES string of the molecule is CC(C)c1cc(N)c2c(Cl)cc(F)cc2n1. The van der Waals surface area contributed by atoms with Crippen LogP contribution >= 0.6 is 11.6 Å². The molecule has 84 valence electrons. The molecule has 2 rings (SSSR count). The quantitative estimate of drug-likeness (QED) is 0.822. The number of nitrogens with zero attached hydrogens (tertiary/aromatic N) is 1. The van der Waals surface area contributed by atoms with Gasteiger partial charge in [-0.15, -0.1) is 0 Å². The van der Waals surface area contributed by atoms with Crippen molar-refractivity contribution in [3.63, 3.8) is 0 Å². The first kappa shape index (κ1) is 11.1. The maximum absolute atomic E-state index is 13.2. The molecule has 0 unspecified atom stereocenters. The number of halogens is 2. The Morgan fingerprint density at radius 1 is 1.31 bits per heavy atom. The van der Waals surface area contributed by atoms with Crippen molar-refractivity contribution in [2.24, 2.45) is 0 Å². The second-order valence-electron chi connectivity index (χ2n) is 4.07. The van der Waals surface area contributed by atoms with E-state index in [1.807, 2.05) is 13.8 Å². The lowest BCUT2D eigenvalue weighted by molar-refractivity contribution is 0.629. The van der Waals surface area contributed by atoms with Gasteiger partial charge < -0.3 is 5.73 Å². The van der Waals surface area contributed by atoms with Crippen LogP contribution in [0.4, 0.5) is 10.1 Å². The Balaban J connectivity index is 2.81. The fraction of sp³-hybridized carbons (Fsp3) is 0.250. The summed E-state index contributed by atoms with van der Waals surface area (Å²) >= 11 is 5.94. The molecule has 0 spiro atoms. The predicted molar refractivity (Wildman–Crippen MR) is 65.2 cm³/mol. The minimum atomic E-state index is -0.398. The molecule has 0 saturated carbocycles. The Labute approximate surface area is 98.2 Å². The van der Waals surface area contributed by atoms with Crippen molar-refractivity contribution in [1.29, 1.82) is 0 Å². The number of anilines is 1. The zero-order chi connectivity index (χ0) is 11.9. The normalized spacial score (nSPS) is 11.3. The number of aromatic nitrogens is 1. The van der Waals surface area contributed by atoms with Gasteiger partial charge >= 0.3 is 0 Å². The fourth-order valence-corrected chi connectivity index (χ4v) is 1.94. The molecule has 0 bridgehead atoms. The lowest BCUT2D eigenvalue weighted by Crippen LogP contribution is -1.98. The first-order valence-electron chi connectivity index (χ1n) is 5.04. The summed E-state index contributed by atoms with van der Waals surface area (Å²) < 4.78 is 13.2. The smallest absolute Gasteiger partial charge is 0.126 e. The van der Waals surface area contributed by atoms with E-state index in [1.165, 1.54) is 12.1 Å². The first-order chi connectivity index (χ1) is 7.49. The summed E-state index contributed by atoms with van der Waals surface area (Å²) in [6, 6.07) is 4.39. The fourth-order valence-electron chi connectivity index (χ4n) is 1.63. The lowest BCUT2D eigenvalue weighted by Gasteiger charge is -2.10. The number of nitrogen functional groups attached to an aromatic ring is 1. The molecule has 1 heterocycles. The van der Waals surface area contributed by atoms with Gasteiger partial charge in [0.25, 0.3) is 0 Å². The summed E-state index contributed by atoms with van der Waals surface area (Å²) in [6.07, 6.45) is 0. The maximum Gasteiger partial charge on any atom is 0.126 e. The summed E-state index contributed by atoms with van der Waals surface area (Å²) in [6.45, 7) is 4.02. The van der Waals surface area contributed by atoms with Gasteiger partial charge in [0.15, 0.2) is 0 Å². The Hall–Kier alpha value is -1.35. The van der Waals surface area contributed by atoms with Gasteiger partial charge in [0.2, 0.25) is 0 Å². The first-order valence-corrected chi connectivity index (χ1v) is 5.42. The third-order valence-corrected chi connectivity index (χ3v) is 2.77. The van der Waals surface area contributed by atoms with Crippen LogP contribution in [-0.4, -0.2) is 4.98 Å². The third kappa shape index (κ3) is 1.83. The average molecular weight is 239 g/mol. The molecule has 0 aliphatic rings. The highest BCUT2D eigenvalue weighted by molar-refractivity contribution is 6.36. The molecular formula is C12H12ClFN2. The Morgan fingerprint density at radius 2 is 2.00 bits per heavy atom. The van der Waals surface area contributed by atoms with Crippen LogP contribution < -0.4 is 5.73 Å². The number of hydrogen-bond acceptors (Lipinski definition) is 2. The van der Waals surface area contributed by atoms with Crippen molar-refractivity contribution in [2.75, 3.05) is 5.73 Å². The third-order valence-electron chi connectivity index (χ3n) is 2.47. The van der Waals surface area contributed by atoms with Gasteiger partial charge in [0, 0.05) is 22.8 Å². The zero-order valence-corrected chi connectivity index (χ0v) is 9.85. The van der Waals surface area contributed by atoms with Gasteiger partial charge in [-0.3, -0.25) is 4.98 Å². The highest BCUT2D eigenvalue weighted by atomic mass is 35.5. The lowest BCUT2D eigenvalue weighted by atomic mass is 10.1. The van der Waals surface area contributed by atoms with Gasteiger partial charge in [0.1, 0.15) is 5.82 Å². The van der Waals surface area contributed by atoms with Crippen molar-refractivity contribution in [3.05, 3.63) is 34.7 Å². The average Bonchev–Trinajstić information content (AvgIpc) is 2.15. The van der Waals surface area contributed by atoms with Crippen LogP contribution in [0.15, 0.2) is 18.2 Å². The molecule has 0 aliphatic heterocycles. The zero-order valence-electron chi connectivity index (χ0n) is 9.09. The second kappa shape index (κ2) is 3.91. The molecule has 2 N–H and O–H groups in total. The molecule has 2 nitrogen and oxygen atoms in total. The van der Waals surface area contributed by atoms with Gasteiger partial charge in [-0.1, -0.05) is 25.4 Å². The monoisotopic (exact) mass is 238 g/mol. The maximum atomic E-state index is 13.2. The second-order valence-corrected chi connectivity index (χ2v) is 4.48. The molecule has 0 radical (unpaired) electrons. The minimum absolute atomic E-state index is 0.244. The van der Waals surface area contributed by atoms with Gasteiger partial charge in [0.05, 0.1) is 10.5 Å². The van der Waals surface area contributed by atoms with E-state index in [9.17, 15) is 4.39 Å². The number of nitrogens with two attached hydrogens (primary N) is 1. The van der Waals surface area contributed by atoms with E-state index >= 15 is 0 Å². The van der Waals surface area contributed by atoms with Crippen molar-refractivity contribution >= 4 is 28.2 Å². The Kier molecular flexibility index (Phi) is 2.72. The number of rotatable bonds is 1. The molecule has 1 aromatic heterocycles. The molecule has 0 fully saturated rings. The van der Waals surface area contributed by atoms with E-state index in [0.717, 1.165) is 5.69 Å². The van der Waals surface area contributed by atoms with E-state index in [2.05, 4.69) is 4.98 Å². The van der Waals surface area contributed by atoms with E-state index in [0.29, 0.717) is 21.6 Å². The van der Waals surface area contributed by atoms with Crippen LogP contribution in [0.5, 0.6) is 0 Å². The summed E-state index contributed by atoms with van der Waals surface area (Å²) in [5, 5.41) is 0.919. The minimum Gasteiger partial charge on any atom is -0.398 e. The molecule has 2 aromatic rings. The molecular weight excluding hydrogens is 227 g/mol. The largest absolute Gasteiger partial charge is 0.398 e.